The lowest BCUT2D eigenvalue weighted by Crippen LogP contribution is -2.34. The van der Waals surface area contributed by atoms with Crippen molar-refractivity contribution >= 4 is 28.5 Å². The number of nitrogens with one attached hydrogen (secondary N) is 1. The van der Waals surface area contributed by atoms with Crippen molar-refractivity contribution < 1.29 is 23.5 Å². The fourth-order valence-corrected chi connectivity index (χ4v) is 4.57. The second-order valence-corrected chi connectivity index (χ2v) is 7.59. The van der Waals surface area contributed by atoms with Crippen LogP contribution >= 0.6 is 0 Å². The quantitative estimate of drug-likeness (QED) is 0.510. The zero-order valence-corrected chi connectivity index (χ0v) is 16.5. The standard InChI is InChI=1S/C22H20N2O6/c1-11(25)12-9-15(24(10-12)22(27)28-2)18-14-7-8-29-20(14)17-13-5-3-4-6-16(13)30-21(26)19(17)23-18/h3-6,9-10,14,18,20,23H,7-8H2,1-2H3/t14-,18+,20-/m0/s1. The number of methoxy groups -OCH3 is 1. The highest BCUT2D eigenvalue weighted by Gasteiger charge is 2.45. The third kappa shape index (κ3) is 2.68. The number of aromatic nitrogens is 1. The lowest BCUT2D eigenvalue weighted by molar-refractivity contribution is 0.0827. The molecule has 4 heterocycles. The van der Waals surface area contributed by atoms with Crippen LogP contribution in [0, 0.1) is 5.92 Å². The van der Waals surface area contributed by atoms with Gasteiger partial charge in [0.2, 0.25) is 0 Å². The SMILES string of the molecule is COC(=O)n1cc(C(C)=O)cc1[C@@H]1Nc2c(c3ccccc3oc2=O)[C@H]2OCC[C@H]21. The van der Waals surface area contributed by atoms with E-state index in [1.807, 2.05) is 18.2 Å². The van der Waals surface area contributed by atoms with Crippen LogP contribution in [0.2, 0.25) is 0 Å². The molecule has 1 fully saturated rings. The van der Waals surface area contributed by atoms with Crippen LogP contribution in [-0.4, -0.2) is 30.2 Å². The summed E-state index contributed by atoms with van der Waals surface area (Å²) in [5.41, 5.74) is 2.06. The molecule has 3 atom stereocenters. The van der Waals surface area contributed by atoms with Crippen LogP contribution in [-0.2, 0) is 9.47 Å². The van der Waals surface area contributed by atoms with E-state index in [4.69, 9.17) is 13.9 Å². The summed E-state index contributed by atoms with van der Waals surface area (Å²) in [6.07, 6.45) is 1.26. The van der Waals surface area contributed by atoms with Crippen molar-refractivity contribution in [3.8, 4) is 0 Å². The maximum Gasteiger partial charge on any atom is 0.418 e. The Balaban J connectivity index is 1.71. The smallest absolute Gasteiger partial charge is 0.418 e. The number of carbonyl (C=O) groups is 2. The number of fused-ring (bicyclic) bond motifs is 5. The molecule has 1 saturated heterocycles. The molecule has 0 aliphatic carbocycles. The molecule has 3 aromatic rings. The number of carbonyl (C=O) groups excluding carboxylic acids is 2. The van der Waals surface area contributed by atoms with E-state index >= 15 is 0 Å². The van der Waals surface area contributed by atoms with Crippen LogP contribution < -0.4 is 10.9 Å². The molecule has 0 radical (unpaired) electrons. The number of hydrogen-bond donors (Lipinski definition) is 1. The monoisotopic (exact) mass is 408 g/mol. The van der Waals surface area contributed by atoms with Gasteiger partial charge < -0.3 is 19.2 Å². The van der Waals surface area contributed by atoms with Gasteiger partial charge in [0.05, 0.1) is 24.9 Å². The van der Waals surface area contributed by atoms with Gasteiger partial charge in [-0.25, -0.2) is 9.59 Å². The summed E-state index contributed by atoms with van der Waals surface area (Å²) in [7, 11) is 1.28. The maximum absolute atomic E-state index is 12.8. The minimum Gasteiger partial charge on any atom is -0.452 e. The second kappa shape index (κ2) is 6.84. The van der Waals surface area contributed by atoms with Gasteiger partial charge in [-0.05, 0) is 25.5 Å². The molecule has 2 aromatic heterocycles. The highest BCUT2D eigenvalue weighted by Crippen LogP contribution is 2.51. The van der Waals surface area contributed by atoms with E-state index in [-0.39, 0.29) is 17.8 Å². The normalized spacial score (nSPS) is 22.3. The predicted molar refractivity (Wildman–Crippen MR) is 108 cm³/mol. The summed E-state index contributed by atoms with van der Waals surface area (Å²) in [4.78, 5) is 37.1. The van der Waals surface area contributed by atoms with E-state index < -0.39 is 17.8 Å². The summed E-state index contributed by atoms with van der Waals surface area (Å²) in [6.45, 7) is 1.96. The summed E-state index contributed by atoms with van der Waals surface area (Å²) in [6, 6.07) is 8.61. The Morgan fingerprint density at radius 2 is 2.07 bits per heavy atom. The molecule has 0 bridgehead atoms. The van der Waals surface area contributed by atoms with E-state index in [0.717, 1.165) is 17.4 Å². The number of para-hydroxylation sites is 1. The van der Waals surface area contributed by atoms with E-state index in [0.29, 0.717) is 29.1 Å². The van der Waals surface area contributed by atoms with Gasteiger partial charge in [-0.15, -0.1) is 0 Å². The minimum absolute atomic E-state index is 0.0409. The van der Waals surface area contributed by atoms with Crippen LogP contribution in [0.1, 0.15) is 47.1 Å². The van der Waals surface area contributed by atoms with Crippen molar-refractivity contribution in [1.29, 1.82) is 0 Å². The Labute approximate surface area is 171 Å². The molecule has 0 unspecified atom stereocenters. The van der Waals surface area contributed by atoms with E-state index in [1.165, 1.54) is 24.8 Å². The van der Waals surface area contributed by atoms with Crippen molar-refractivity contribution in [1.82, 2.24) is 4.57 Å². The topological polar surface area (TPSA) is 99.8 Å². The number of nitrogens with zero attached hydrogens (tertiary/aromatic N) is 1. The maximum atomic E-state index is 12.8. The van der Waals surface area contributed by atoms with Crippen molar-refractivity contribution in [3.63, 3.8) is 0 Å². The molecule has 8 nitrogen and oxygen atoms in total. The molecule has 0 amide bonds. The zero-order chi connectivity index (χ0) is 21.0. The van der Waals surface area contributed by atoms with Gasteiger partial charge in [0.25, 0.3) is 0 Å². The number of ether oxygens (including phenoxy) is 2. The van der Waals surface area contributed by atoms with Crippen LogP contribution in [0.4, 0.5) is 10.5 Å². The van der Waals surface area contributed by atoms with E-state index in [9.17, 15) is 14.4 Å². The van der Waals surface area contributed by atoms with Gasteiger partial charge in [-0.1, -0.05) is 18.2 Å². The molecule has 0 saturated carbocycles. The summed E-state index contributed by atoms with van der Waals surface area (Å²) in [5, 5.41) is 4.11. The largest absolute Gasteiger partial charge is 0.452 e. The highest BCUT2D eigenvalue weighted by atomic mass is 16.5. The molecule has 1 N–H and O–H groups in total. The first-order chi connectivity index (χ1) is 14.5. The molecule has 1 aromatic carbocycles. The molecule has 0 spiro atoms. The summed E-state index contributed by atoms with van der Waals surface area (Å²) >= 11 is 0. The molecule has 154 valence electrons. The Morgan fingerprint density at radius 1 is 1.27 bits per heavy atom. The fraction of sp³-hybridized carbons (Fsp3) is 0.318. The molecule has 2 aliphatic rings. The fourth-order valence-electron chi connectivity index (χ4n) is 4.57. The lowest BCUT2D eigenvalue weighted by Gasteiger charge is -2.36. The Kier molecular flexibility index (Phi) is 4.25. The predicted octanol–water partition coefficient (Wildman–Crippen LogP) is 3.66. The number of anilines is 1. The van der Waals surface area contributed by atoms with E-state index in [1.54, 1.807) is 12.1 Å². The number of Topliss-reactive ketones (excluding diaryl/α,β-unsaturated/α-hetero) is 1. The molecular weight excluding hydrogens is 388 g/mol. The Hall–Kier alpha value is -3.39. The van der Waals surface area contributed by atoms with Crippen molar-refractivity contribution in [3.05, 3.63) is 63.8 Å². The average molecular weight is 408 g/mol. The number of ketones is 1. The molecule has 2 aliphatic heterocycles. The van der Waals surface area contributed by atoms with Gasteiger partial charge in [-0.3, -0.25) is 9.36 Å². The van der Waals surface area contributed by atoms with Crippen LogP contribution in [0.25, 0.3) is 11.0 Å². The first-order valence-electron chi connectivity index (χ1n) is 9.75. The van der Waals surface area contributed by atoms with E-state index in [2.05, 4.69) is 5.32 Å². The third-order valence-corrected chi connectivity index (χ3v) is 5.95. The minimum atomic E-state index is -0.605. The summed E-state index contributed by atoms with van der Waals surface area (Å²) < 4.78 is 17.8. The number of benzene rings is 1. The first-order valence-corrected chi connectivity index (χ1v) is 9.75. The highest BCUT2D eigenvalue weighted by molar-refractivity contribution is 5.95. The van der Waals surface area contributed by atoms with Crippen LogP contribution in [0.5, 0.6) is 0 Å². The molecule has 30 heavy (non-hydrogen) atoms. The number of rotatable bonds is 2. The van der Waals surface area contributed by atoms with Gasteiger partial charge in [0.15, 0.2) is 5.78 Å². The van der Waals surface area contributed by atoms with Crippen molar-refractivity contribution in [2.75, 3.05) is 19.0 Å². The third-order valence-electron chi connectivity index (χ3n) is 5.95. The Morgan fingerprint density at radius 3 is 2.83 bits per heavy atom. The average Bonchev–Trinajstić information content (AvgIpc) is 3.40. The van der Waals surface area contributed by atoms with Crippen molar-refractivity contribution in [2.24, 2.45) is 5.92 Å². The van der Waals surface area contributed by atoms with Gasteiger partial charge >= 0.3 is 11.7 Å². The second-order valence-electron chi connectivity index (χ2n) is 7.59. The van der Waals surface area contributed by atoms with Gasteiger partial charge in [0, 0.05) is 35.2 Å². The van der Waals surface area contributed by atoms with Gasteiger partial charge in [0.1, 0.15) is 11.3 Å². The number of hydrogen-bond acceptors (Lipinski definition) is 7. The molecule has 5 rings (SSSR count). The lowest BCUT2D eigenvalue weighted by atomic mass is 9.82. The van der Waals surface area contributed by atoms with Crippen molar-refractivity contribution in [2.45, 2.75) is 25.5 Å². The zero-order valence-electron chi connectivity index (χ0n) is 16.5. The van der Waals surface area contributed by atoms with Gasteiger partial charge in [-0.2, -0.15) is 0 Å². The summed E-state index contributed by atoms with van der Waals surface area (Å²) in [5.74, 6) is -0.208. The molecular formula is C22H20N2O6. The molecule has 8 heteroatoms. The van der Waals surface area contributed by atoms with Crippen LogP contribution in [0.15, 0.2) is 45.7 Å². The van der Waals surface area contributed by atoms with Crippen LogP contribution in [0.3, 0.4) is 0 Å². The first kappa shape index (κ1) is 18.6. The Bertz CT molecular complexity index is 1240.